The largest absolute Gasteiger partial charge is 0.431 e. The molecule has 0 saturated heterocycles. The molecule has 0 aromatic rings. The van der Waals surface area contributed by atoms with Crippen LogP contribution in [0.4, 0.5) is 30.7 Å². The summed E-state index contributed by atoms with van der Waals surface area (Å²) in [5, 5.41) is 0. The molecule has 0 nitrogen and oxygen atoms in total. The third-order valence-corrected chi connectivity index (χ3v) is 1.62. The van der Waals surface area contributed by atoms with Gasteiger partial charge in [-0.15, -0.1) is 0 Å². The zero-order valence-electron chi connectivity index (χ0n) is 6.72. The SMILES string of the molecule is CC(C)C(F)(C(F)(F)F)C(F)(F)F. The van der Waals surface area contributed by atoms with Crippen LogP contribution in [0.3, 0.4) is 0 Å². The molecule has 0 spiro atoms. The van der Waals surface area contributed by atoms with Crippen LogP contribution < -0.4 is 0 Å². The predicted molar refractivity (Wildman–Crippen MR) is 30.8 cm³/mol. The molecular formula is C6H7F7. The summed E-state index contributed by atoms with van der Waals surface area (Å²) in [6, 6.07) is 0. The van der Waals surface area contributed by atoms with Gasteiger partial charge in [0.05, 0.1) is 0 Å². The van der Waals surface area contributed by atoms with Gasteiger partial charge in [-0.1, -0.05) is 13.8 Å². The lowest BCUT2D eigenvalue weighted by molar-refractivity contribution is -0.354. The maximum absolute atomic E-state index is 12.7. The third kappa shape index (κ3) is 1.88. The summed E-state index contributed by atoms with van der Waals surface area (Å²) in [5.74, 6) is -2.20. The van der Waals surface area contributed by atoms with Crippen LogP contribution in [0.5, 0.6) is 0 Å². The maximum atomic E-state index is 12.7. The molecule has 13 heavy (non-hydrogen) atoms. The molecule has 0 fully saturated rings. The average Bonchev–Trinajstić information content (AvgIpc) is 1.80. The first-order valence-corrected chi connectivity index (χ1v) is 3.27. The van der Waals surface area contributed by atoms with Gasteiger partial charge in [-0.05, 0) is 0 Å². The molecule has 0 rings (SSSR count). The molecule has 0 unspecified atom stereocenters. The van der Waals surface area contributed by atoms with Crippen molar-refractivity contribution in [2.75, 3.05) is 0 Å². The Hall–Kier alpha value is -0.490. The Balaban J connectivity index is 5.22. The summed E-state index contributed by atoms with van der Waals surface area (Å²) < 4.78 is 83.2. The molecule has 0 aliphatic heterocycles. The van der Waals surface area contributed by atoms with Crippen LogP contribution in [0.1, 0.15) is 13.8 Å². The molecule has 80 valence electrons. The van der Waals surface area contributed by atoms with Gasteiger partial charge in [-0.2, -0.15) is 26.3 Å². The summed E-state index contributed by atoms with van der Waals surface area (Å²) in [6.07, 6.45) is -11.9. The Morgan fingerprint density at radius 2 is 0.923 bits per heavy atom. The van der Waals surface area contributed by atoms with E-state index in [0.29, 0.717) is 13.8 Å². The van der Waals surface area contributed by atoms with E-state index in [1.807, 2.05) is 0 Å². The minimum atomic E-state index is -5.93. The summed E-state index contributed by atoms with van der Waals surface area (Å²) in [6.45, 7) is 1.06. The molecule has 0 radical (unpaired) electrons. The lowest BCUT2D eigenvalue weighted by Gasteiger charge is -2.32. The van der Waals surface area contributed by atoms with Gasteiger partial charge in [0.15, 0.2) is 0 Å². The number of halogens is 7. The van der Waals surface area contributed by atoms with Crippen molar-refractivity contribution < 1.29 is 30.7 Å². The number of hydrogen-bond donors (Lipinski definition) is 0. The van der Waals surface area contributed by atoms with Gasteiger partial charge in [0.25, 0.3) is 0 Å². The molecule has 0 aliphatic carbocycles. The molecule has 0 N–H and O–H groups in total. The first-order valence-electron chi connectivity index (χ1n) is 3.27. The van der Waals surface area contributed by atoms with Gasteiger partial charge in [-0.3, -0.25) is 0 Å². The Morgan fingerprint density at radius 3 is 0.923 bits per heavy atom. The highest BCUT2D eigenvalue weighted by atomic mass is 19.4. The lowest BCUT2D eigenvalue weighted by atomic mass is 9.91. The number of alkyl halides is 7. The van der Waals surface area contributed by atoms with Crippen molar-refractivity contribution in [3.8, 4) is 0 Å². The zero-order valence-corrected chi connectivity index (χ0v) is 6.72. The molecular weight excluding hydrogens is 205 g/mol. The van der Waals surface area contributed by atoms with Crippen LogP contribution in [0.2, 0.25) is 0 Å². The van der Waals surface area contributed by atoms with Crippen molar-refractivity contribution in [1.82, 2.24) is 0 Å². The van der Waals surface area contributed by atoms with Crippen molar-refractivity contribution in [3.05, 3.63) is 0 Å². The topological polar surface area (TPSA) is 0 Å². The third-order valence-electron chi connectivity index (χ3n) is 1.62. The van der Waals surface area contributed by atoms with Crippen molar-refractivity contribution in [2.24, 2.45) is 5.92 Å². The van der Waals surface area contributed by atoms with Crippen LogP contribution in [0, 0.1) is 5.92 Å². The van der Waals surface area contributed by atoms with E-state index in [-0.39, 0.29) is 0 Å². The van der Waals surface area contributed by atoms with Crippen LogP contribution in [-0.2, 0) is 0 Å². The Morgan fingerprint density at radius 1 is 0.692 bits per heavy atom. The second-order valence-corrected chi connectivity index (χ2v) is 2.86. The van der Waals surface area contributed by atoms with E-state index in [2.05, 4.69) is 0 Å². The molecule has 0 aliphatic rings. The van der Waals surface area contributed by atoms with E-state index >= 15 is 0 Å². The second kappa shape index (κ2) is 3.02. The first-order chi connectivity index (χ1) is 5.44. The second-order valence-electron chi connectivity index (χ2n) is 2.86. The van der Waals surface area contributed by atoms with Crippen LogP contribution >= 0.6 is 0 Å². The standard InChI is InChI=1S/C6H7F7/c1-3(2)4(7,5(8,9)10)6(11,12)13/h3H,1-2H3. The fourth-order valence-corrected chi connectivity index (χ4v) is 0.815. The van der Waals surface area contributed by atoms with Gasteiger partial charge in [-0.25, -0.2) is 4.39 Å². The number of rotatable bonds is 1. The van der Waals surface area contributed by atoms with E-state index < -0.39 is 23.9 Å². The van der Waals surface area contributed by atoms with Gasteiger partial charge in [0, 0.05) is 5.92 Å². The normalized spacial score (nSPS) is 15.2. The molecule has 0 aromatic heterocycles. The highest BCUT2D eigenvalue weighted by molar-refractivity contribution is 4.96. The van der Waals surface area contributed by atoms with E-state index in [1.54, 1.807) is 0 Å². The quantitative estimate of drug-likeness (QED) is 0.583. The van der Waals surface area contributed by atoms with E-state index in [4.69, 9.17) is 0 Å². The molecule has 0 aromatic carbocycles. The summed E-state index contributed by atoms with van der Waals surface area (Å²) in [4.78, 5) is 0. The highest BCUT2D eigenvalue weighted by Gasteiger charge is 2.73. The zero-order chi connectivity index (χ0) is 11.1. The van der Waals surface area contributed by atoms with Crippen LogP contribution in [0.15, 0.2) is 0 Å². The van der Waals surface area contributed by atoms with Crippen LogP contribution in [0.25, 0.3) is 0 Å². The molecule has 7 heteroatoms. The van der Waals surface area contributed by atoms with E-state index in [1.165, 1.54) is 0 Å². The van der Waals surface area contributed by atoms with Gasteiger partial charge < -0.3 is 0 Å². The first kappa shape index (κ1) is 12.5. The lowest BCUT2D eigenvalue weighted by Crippen LogP contribution is -2.56. The molecule has 0 heterocycles. The summed E-state index contributed by atoms with van der Waals surface area (Å²) in [5.41, 5.74) is -5.12. The van der Waals surface area contributed by atoms with Crippen molar-refractivity contribution in [3.63, 3.8) is 0 Å². The van der Waals surface area contributed by atoms with Crippen molar-refractivity contribution in [2.45, 2.75) is 31.9 Å². The van der Waals surface area contributed by atoms with Gasteiger partial charge >= 0.3 is 18.0 Å². The Bertz CT molecular complexity index is 160. The fraction of sp³-hybridized carbons (Fsp3) is 1.00. The van der Waals surface area contributed by atoms with E-state index in [9.17, 15) is 30.7 Å². The smallest absolute Gasteiger partial charge is 0.223 e. The molecule has 0 atom stereocenters. The molecule has 0 amide bonds. The van der Waals surface area contributed by atoms with Gasteiger partial charge in [0.2, 0.25) is 0 Å². The highest BCUT2D eigenvalue weighted by Crippen LogP contribution is 2.50. The van der Waals surface area contributed by atoms with Crippen molar-refractivity contribution in [1.29, 1.82) is 0 Å². The Kier molecular flexibility index (Phi) is 2.91. The monoisotopic (exact) mass is 212 g/mol. The fourth-order valence-electron chi connectivity index (χ4n) is 0.815. The van der Waals surface area contributed by atoms with Crippen LogP contribution in [-0.4, -0.2) is 18.0 Å². The predicted octanol–water partition coefficient (Wildman–Crippen LogP) is 3.48. The average molecular weight is 212 g/mol. The van der Waals surface area contributed by atoms with Crippen molar-refractivity contribution >= 4 is 0 Å². The van der Waals surface area contributed by atoms with Gasteiger partial charge in [0.1, 0.15) is 0 Å². The summed E-state index contributed by atoms with van der Waals surface area (Å²) in [7, 11) is 0. The minimum absolute atomic E-state index is 0.529. The Labute approximate surface area is 69.7 Å². The van der Waals surface area contributed by atoms with E-state index in [0.717, 1.165) is 0 Å². The summed E-state index contributed by atoms with van der Waals surface area (Å²) >= 11 is 0. The molecule has 0 saturated carbocycles. The minimum Gasteiger partial charge on any atom is -0.223 e. The number of hydrogen-bond acceptors (Lipinski definition) is 0. The maximum Gasteiger partial charge on any atom is 0.431 e. The molecule has 0 bridgehead atoms.